The van der Waals surface area contributed by atoms with Crippen molar-refractivity contribution < 1.29 is 24.2 Å². The Morgan fingerprint density at radius 2 is 1.70 bits per heavy atom. The van der Waals surface area contributed by atoms with Gasteiger partial charge in [0.15, 0.2) is 0 Å². The minimum absolute atomic E-state index is 0.139. The summed E-state index contributed by atoms with van der Waals surface area (Å²) < 4.78 is 12.5. The quantitative estimate of drug-likeness (QED) is 0.266. The maximum absolute atomic E-state index is 13.0. The fourth-order valence-electron chi connectivity index (χ4n) is 4.34. The van der Waals surface area contributed by atoms with Crippen molar-refractivity contribution in [2.45, 2.75) is 18.9 Å². The third-order valence-corrected chi connectivity index (χ3v) is 6.62. The molecule has 1 aliphatic heterocycles. The van der Waals surface area contributed by atoms with Crippen molar-refractivity contribution in [2.75, 3.05) is 6.61 Å². The highest BCUT2D eigenvalue weighted by Crippen LogP contribution is 2.34. The van der Waals surface area contributed by atoms with E-state index in [-0.39, 0.29) is 6.42 Å². The van der Waals surface area contributed by atoms with Gasteiger partial charge in [-0.1, -0.05) is 76.6 Å². The van der Waals surface area contributed by atoms with Crippen LogP contribution in [0.3, 0.4) is 0 Å². The zero-order chi connectivity index (χ0) is 25.8. The third kappa shape index (κ3) is 5.67. The number of benzene rings is 4. The molecule has 1 amide bonds. The number of carbonyl (C=O) groups excluding carboxylic acids is 1. The minimum atomic E-state index is -1.11. The highest BCUT2D eigenvalue weighted by molar-refractivity contribution is 9.10. The van der Waals surface area contributed by atoms with Crippen molar-refractivity contribution >= 4 is 27.8 Å². The Hall–Kier alpha value is -4.10. The number of amides is 1. The molecule has 4 aromatic carbocycles. The summed E-state index contributed by atoms with van der Waals surface area (Å²) in [4.78, 5) is 25.0. The van der Waals surface area contributed by atoms with Gasteiger partial charge in [-0.15, -0.1) is 0 Å². The molecule has 2 N–H and O–H groups in total. The summed E-state index contributed by atoms with van der Waals surface area (Å²) in [5.41, 5.74) is 3.91. The van der Waals surface area contributed by atoms with E-state index in [9.17, 15) is 14.7 Å². The molecule has 0 saturated heterocycles. The summed E-state index contributed by atoms with van der Waals surface area (Å²) >= 11 is 3.42. The van der Waals surface area contributed by atoms with E-state index in [4.69, 9.17) is 9.47 Å². The van der Waals surface area contributed by atoms with Crippen LogP contribution in [0.25, 0.3) is 11.1 Å². The van der Waals surface area contributed by atoms with Gasteiger partial charge < -0.3 is 19.9 Å². The van der Waals surface area contributed by atoms with Gasteiger partial charge in [0.1, 0.15) is 23.3 Å². The van der Waals surface area contributed by atoms with Crippen LogP contribution >= 0.6 is 15.9 Å². The van der Waals surface area contributed by atoms with E-state index in [1.165, 1.54) is 0 Å². The fraction of sp³-hybridized carbons (Fsp3) is 0.133. The largest absolute Gasteiger partial charge is 0.492 e. The standard InChI is InChI=1S/C30H24BrNO5/c31-22-17-21-14-15-36-28(21)25(18-22)29(33)32-26(30(34)35)16-19-10-12-20(13-11-19)24-8-4-5-9-27(24)37-23-6-2-1-3-7-23/h1-13,17-18,26H,14-16H2,(H,32,33)(H,34,35). The molecular formula is C30H24BrNO5. The summed E-state index contributed by atoms with van der Waals surface area (Å²) in [7, 11) is 0. The van der Waals surface area contributed by atoms with Crippen LogP contribution in [-0.2, 0) is 17.6 Å². The van der Waals surface area contributed by atoms with Gasteiger partial charge in [0.05, 0.1) is 12.2 Å². The number of nitrogens with one attached hydrogen (secondary N) is 1. The van der Waals surface area contributed by atoms with Crippen LogP contribution < -0.4 is 14.8 Å². The lowest BCUT2D eigenvalue weighted by molar-refractivity contribution is -0.139. The first-order chi connectivity index (χ1) is 18.0. The Balaban J connectivity index is 1.32. The van der Waals surface area contributed by atoms with Gasteiger partial charge in [0, 0.05) is 22.9 Å². The molecule has 1 unspecified atom stereocenters. The maximum Gasteiger partial charge on any atom is 0.326 e. The summed E-state index contributed by atoms with van der Waals surface area (Å²) in [6.45, 7) is 0.500. The number of aliphatic carboxylic acids is 1. The number of halogens is 1. The Kier molecular flexibility index (Phi) is 7.23. The lowest BCUT2D eigenvalue weighted by atomic mass is 9.99. The average Bonchev–Trinajstić information content (AvgIpc) is 3.37. The normalized spacial score (nSPS) is 12.8. The lowest BCUT2D eigenvalue weighted by Crippen LogP contribution is -2.42. The van der Waals surface area contributed by atoms with E-state index in [0.717, 1.165) is 38.2 Å². The van der Waals surface area contributed by atoms with E-state index in [2.05, 4.69) is 21.2 Å². The van der Waals surface area contributed by atoms with Crippen LogP contribution in [0.1, 0.15) is 21.5 Å². The van der Waals surface area contributed by atoms with E-state index in [1.807, 2.05) is 84.9 Å². The van der Waals surface area contributed by atoms with E-state index >= 15 is 0 Å². The first-order valence-corrected chi connectivity index (χ1v) is 12.7. The van der Waals surface area contributed by atoms with E-state index in [1.54, 1.807) is 6.07 Å². The molecule has 0 aromatic heterocycles. The van der Waals surface area contributed by atoms with Gasteiger partial charge in [0.25, 0.3) is 5.91 Å². The van der Waals surface area contributed by atoms with E-state index in [0.29, 0.717) is 24.3 Å². The second-order valence-electron chi connectivity index (χ2n) is 8.72. The number of hydrogen-bond donors (Lipinski definition) is 2. The molecule has 37 heavy (non-hydrogen) atoms. The molecular weight excluding hydrogens is 534 g/mol. The summed E-state index contributed by atoms with van der Waals surface area (Å²) in [6, 6.07) is 27.4. The van der Waals surface area contributed by atoms with Gasteiger partial charge >= 0.3 is 5.97 Å². The number of hydrogen-bond acceptors (Lipinski definition) is 4. The highest BCUT2D eigenvalue weighted by atomic mass is 79.9. The minimum Gasteiger partial charge on any atom is -0.492 e. The predicted octanol–water partition coefficient (Wildman–Crippen LogP) is 6.27. The molecule has 0 spiro atoms. The lowest BCUT2D eigenvalue weighted by Gasteiger charge is -2.17. The number of carboxylic acid groups (broad SMARTS) is 1. The molecule has 186 valence electrons. The second kappa shape index (κ2) is 10.9. The Bertz CT molecular complexity index is 1440. The molecule has 1 heterocycles. The highest BCUT2D eigenvalue weighted by Gasteiger charge is 2.26. The summed E-state index contributed by atoms with van der Waals surface area (Å²) in [6.07, 6.45) is 0.851. The van der Waals surface area contributed by atoms with Gasteiger partial charge in [-0.25, -0.2) is 4.79 Å². The first kappa shape index (κ1) is 24.6. The molecule has 7 heteroatoms. The van der Waals surface area contributed by atoms with Crippen LogP contribution in [0, 0.1) is 0 Å². The third-order valence-electron chi connectivity index (χ3n) is 6.16. The van der Waals surface area contributed by atoms with Crippen molar-refractivity contribution in [2.24, 2.45) is 0 Å². The monoisotopic (exact) mass is 557 g/mol. The SMILES string of the molecule is O=C(NC(Cc1ccc(-c2ccccc2Oc2ccccc2)cc1)C(=O)O)c1cc(Br)cc2c1OCC2. The zero-order valence-corrected chi connectivity index (χ0v) is 21.4. The molecule has 0 saturated carbocycles. The molecule has 0 aliphatic carbocycles. The van der Waals surface area contributed by atoms with Crippen LogP contribution in [0.15, 0.2) is 95.5 Å². The smallest absolute Gasteiger partial charge is 0.326 e. The molecule has 1 atom stereocenters. The van der Waals surface area contributed by atoms with Crippen molar-refractivity contribution in [1.29, 1.82) is 0 Å². The van der Waals surface area contributed by atoms with Gasteiger partial charge in [-0.05, 0) is 47.0 Å². The molecule has 6 nitrogen and oxygen atoms in total. The van der Waals surface area contributed by atoms with E-state index < -0.39 is 17.9 Å². The van der Waals surface area contributed by atoms with Crippen molar-refractivity contribution in [3.8, 4) is 28.4 Å². The topological polar surface area (TPSA) is 84.9 Å². The van der Waals surface area contributed by atoms with Crippen LogP contribution in [0.5, 0.6) is 17.2 Å². The predicted molar refractivity (Wildman–Crippen MR) is 144 cm³/mol. The molecule has 0 bridgehead atoms. The fourth-order valence-corrected chi connectivity index (χ4v) is 4.84. The van der Waals surface area contributed by atoms with Crippen molar-refractivity contribution in [3.63, 3.8) is 0 Å². The maximum atomic E-state index is 13.0. The van der Waals surface area contributed by atoms with Crippen LogP contribution in [-0.4, -0.2) is 29.6 Å². The molecule has 1 aliphatic rings. The van der Waals surface area contributed by atoms with Gasteiger partial charge in [-0.3, -0.25) is 4.79 Å². The second-order valence-corrected chi connectivity index (χ2v) is 9.63. The Morgan fingerprint density at radius 1 is 0.973 bits per heavy atom. The van der Waals surface area contributed by atoms with Gasteiger partial charge in [-0.2, -0.15) is 0 Å². The summed E-state index contributed by atoms with van der Waals surface area (Å²) in [5.74, 6) is 0.404. The van der Waals surface area contributed by atoms with Crippen molar-refractivity contribution in [3.05, 3.63) is 112 Å². The average molecular weight is 558 g/mol. The molecule has 0 radical (unpaired) electrons. The Labute approximate surface area is 223 Å². The van der Waals surface area contributed by atoms with Gasteiger partial charge in [0.2, 0.25) is 0 Å². The van der Waals surface area contributed by atoms with Crippen molar-refractivity contribution in [1.82, 2.24) is 5.32 Å². The molecule has 4 aromatic rings. The number of rotatable bonds is 8. The number of carboxylic acids is 1. The van der Waals surface area contributed by atoms with Crippen LogP contribution in [0.4, 0.5) is 0 Å². The molecule has 0 fully saturated rings. The van der Waals surface area contributed by atoms with Crippen LogP contribution in [0.2, 0.25) is 0 Å². The number of fused-ring (bicyclic) bond motifs is 1. The number of ether oxygens (including phenoxy) is 2. The summed E-state index contributed by atoms with van der Waals surface area (Å²) in [5, 5.41) is 12.5. The Morgan fingerprint density at radius 3 is 2.46 bits per heavy atom. The number of para-hydroxylation sites is 2. The zero-order valence-electron chi connectivity index (χ0n) is 19.8. The number of carbonyl (C=O) groups is 2. The molecule has 5 rings (SSSR count). The first-order valence-electron chi connectivity index (χ1n) is 11.9.